The zero-order chi connectivity index (χ0) is 12.8. The van der Waals surface area contributed by atoms with E-state index in [-0.39, 0.29) is 0 Å². The Morgan fingerprint density at radius 1 is 1.33 bits per heavy atom. The van der Waals surface area contributed by atoms with Crippen LogP contribution in [0.1, 0.15) is 11.5 Å². The van der Waals surface area contributed by atoms with Gasteiger partial charge in [0.1, 0.15) is 0 Å². The van der Waals surface area contributed by atoms with Gasteiger partial charge >= 0.3 is 6.01 Å². The molecule has 0 saturated heterocycles. The minimum Gasteiger partial charge on any atom is -0.406 e. The molecule has 0 aliphatic carbocycles. The number of anilines is 2. The van der Waals surface area contributed by atoms with Crippen LogP contribution in [0.5, 0.6) is 0 Å². The summed E-state index contributed by atoms with van der Waals surface area (Å²) >= 11 is 0. The molecule has 6 nitrogen and oxygen atoms in total. The molecule has 0 unspecified atom stereocenters. The van der Waals surface area contributed by atoms with Crippen LogP contribution in [-0.4, -0.2) is 24.4 Å². The van der Waals surface area contributed by atoms with Crippen LogP contribution >= 0.6 is 0 Å². The quantitative estimate of drug-likeness (QED) is 0.810. The molecule has 2 N–H and O–H groups in total. The number of benzene rings is 1. The van der Waals surface area contributed by atoms with Crippen molar-refractivity contribution in [2.75, 3.05) is 19.5 Å². The van der Waals surface area contributed by atoms with Gasteiger partial charge in [-0.05, 0) is 24.7 Å². The lowest BCUT2D eigenvalue weighted by Crippen LogP contribution is -2.04. The van der Waals surface area contributed by atoms with Crippen molar-refractivity contribution in [2.24, 2.45) is 0 Å². The Bertz CT molecular complexity index is 498. The Labute approximate surface area is 105 Å². The van der Waals surface area contributed by atoms with Crippen LogP contribution in [0.4, 0.5) is 11.7 Å². The maximum absolute atomic E-state index is 5.40. The molecule has 18 heavy (non-hydrogen) atoms. The van der Waals surface area contributed by atoms with Gasteiger partial charge in [-0.25, -0.2) is 0 Å². The van der Waals surface area contributed by atoms with Crippen molar-refractivity contribution in [2.45, 2.75) is 13.2 Å². The van der Waals surface area contributed by atoms with E-state index >= 15 is 0 Å². The maximum Gasteiger partial charge on any atom is 0.320 e. The highest BCUT2D eigenvalue weighted by Crippen LogP contribution is 2.17. The van der Waals surface area contributed by atoms with Crippen LogP contribution in [-0.2, 0) is 17.9 Å². The molecule has 2 aromatic rings. The number of rotatable bonds is 6. The SMILES string of the molecule is CNCc1nnc(Nc2cccc(COC)c2)o1. The fourth-order valence-electron chi connectivity index (χ4n) is 1.56. The van der Waals surface area contributed by atoms with E-state index in [1.54, 1.807) is 7.11 Å². The Kier molecular flexibility index (Phi) is 4.27. The summed E-state index contributed by atoms with van der Waals surface area (Å²) in [6.07, 6.45) is 0. The second-order valence-electron chi connectivity index (χ2n) is 3.79. The Balaban J connectivity index is 2.05. The van der Waals surface area contributed by atoms with Gasteiger partial charge in [0.15, 0.2) is 0 Å². The van der Waals surface area contributed by atoms with Gasteiger partial charge in [0.05, 0.1) is 13.2 Å². The average molecular weight is 248 g/mol. The standard InChI is InChI=1S/C12H16N4O2/c1-13-7-11-15-16-12(18-11)14-10-5-3-4-9(6-10)8-17-2/h3-6,13H,7-8H2,1-2H3,(H,14,16). The van der Waals surface area contributed by atoms with E-state index in [0.29, 0.717) is 25.1 Å². The topological polar surface area (TPSA) is 72.2 Å². The number of nitrogens with one attached hydrogen (secondary N) is 2. The summed E-state index contributed by atoms with van der Waals surface area (Å²) in [5, 5.41) is 13.8. The summed E-state index contributed by atoms with van der Waals surface area (Å²) in [4.78, 5) is 0. The molecule has 6 heteroatoms. The molecule has 2 rings (SSSR count). The van der Waals surface area contributed by atoms with E-state index in [0.717, 1.165) is 11.3 Å². The summed E-state index contributed by atoms with van der Waals surface area (Å²) in [6.45, 7) is 1.13. The van der Waals surface area contributed by atoms with E-state index in [1.165, 1.54) is 0 Å². The first kappa shape index (κ1) is 12.5. The first-order valence-corrected chi connectivity index (χ1v) is 5.63. The normalized spacial score (nSPS) is 10.6. The van der Waals surface area contributed by atoms with Crippen molar-refractivity contribution in [1.82, 2.24) is 15.5 Å². The molecule has 0 fully saturated rings. The van der Waals surface area contributed by atoms with Gasteiger partial charge in [0.25, 0.3) is 0 Å². The van der Waals surface area contributed by atoms with Crippen molar-refractivity contribution in [3.63, 3.8) is 0 Å². The van der Waals surface area contributed by atoms with E-state index < -0.39 is 0 Å². The van der Waals surface area contributed by atoms with Gasteiger partial charge in [0, 0.05) is 12.8 Å². The molecule has 0 bridgehead atoms. The summed E-state index contributed by atoms with van der Waals surface area (Å²) in [5.41, 5.74) is 1.97. The predicted molar refractivity (Wildman–Crippen MR) is 67.5 cm³/mol. The number of hydrogen-bond acceptors (Lipinski definition) is 6. The molecule has 0 aliphatic rings. The molecule has 0 spiro atoms. The van der Waals surface area contributed by atoms with Crippen molar-refractivity contribution >= 4 is 11.7 Å². The molecule has 0 atom stereocenters. The van der Waals surface area contributed by atoms with Gasteiger partial charge in [-0.3, -0.25) is 0 Å². The van der Waals surface area contributed by atoms with Gasteiger partial charge in [-0.15, -0.1) is 5.10 Å². The van der Waals surface area contributed by atoms with Crippen LogP contribution in [0, 0.1) is 0 Å². The molecule has 0 radical (unpaired) electrons. The molecular weight excluding hydrogens is 232 g/mol. The number of nitrogens with zero attached hydrogens (tertiary/aromatic N) is 2. The molecular formula is C12H16N4O2. The van der Waals surface area contributed by atoms with E-state index in [2.05, 4.69) is 20.8 Å². The van der Waals surface area contributed by atoms with Crippen molar-refractivity contribution in [1.29, 1.82) is 0 Å². The smallest absolute Gasteiger partial charge is 0.320 e. The second-order valence-corrected chi connectivity index (χ2v) is 3.79. The van der Waals surface area contributed by atoms with Crippen LogP contribution in [0.3, 0.4) is 0 Å². The third kappa shape index (κ3) is 3.28. The number of aromatic nitrogens is 2. The summed E-state index contributed by atoms with van der Waals surface area (Å²) in [5.74, 6) is 0.549. The van der Waals surface area contributed by atoms with E-state index in [4.69, 9.17) is 9.15 Å². The molecule has 0 amide bonds. The summed E-state index contributed by atoms with van der Waals surface area (Å²) in [7, 11) is 3.49. The van der Waals surface area contributed by atoms with Gasteiger partial charge in [-0.2, -0.15) is 0 Å². The minimum absolute atomic E-state index is 0.384. The fourth-order valence-corrected chi connectivity index (χ4v) is 1.56. The van der Waals surface area contributed by atoms with E-state index in [9.17, 15) is 0 Å². The highest BCUT2D eigenvalue weighted by molar-refractivity contribution is 5.52. The van der Waals surface area contributed by atoms with Gasteiger partial charge < -0.3 is 19.8 Å². The molecule has 0 aliphatic heterocycles. The van der Waals surface area contributed by atoms with Crippen molar-refractivity contribution in [3.8, 4) is 0 Å². The van der Waals surface area contributed by atoms with Gasteiger partial charge in [-0.1, -0.05) is 17.2 Å². The third-order valence-corrected chi connectivity index (χ3v) is 2.28. The predicted octanol–water partition coefficient (Wildman–Crippen LogP) is 1.68. The zero-order valence-electron chi connectivity index (χ0n) is 10.4. The first-order valence-electron chi connectivity index (χ1n) is 5.63. The Morgan fingerprint density at radius 2 is 2.22 bits per heavy atom. The molecule has 1 aromatic carbocycles. The Hall–Kier alpha value is -1.92. The number of hydrogen-bond donors (Lipinski definition) is 2. The zero-order valence-corrected chi connectivity index (χ0v) is 10.4. The minimum atomic E-state index is 0.384. The summed E-state index contributed by atoms with van der Waals surface area (Å²) in [6, 6.07) is 8.23. The van der Waals surface area contributed by atoms with Crippen molar-refractivity contribution < 1.29 is 9.15 Å². The number of methoxy groups -OCH3 is 1. The fraction of sp³-hybridized carbons (Fsp3) is 0.333. The number of ether oxygens (including phenoxy) is 1. The van der Waals surface area contributed by atoms with E-state index in [1.807, 2.05) is 31.3 Å². The van der Waals surface area contributed by atoms with Gasteiger partial charge in [0.2, 0.25) is 5.89 Å². The first-order chi connectivity index (χ1) is 8.81. The molecule has 0 saturated carbocycles. The lowest BCUT2D eigenvalue weighted by atomic mass is 10.2. The average Bonchev–Trinajstić information content (AvgIpc) is 2.78. The lowest BCUT2D eigenvalue weighted by Gasteiger charge is -2.04. The third-order valence-electron chi connectivity index (χ3n) is 2.28. The van der Waals surface area contributed by atoms with Crippen molar-refractivity contribution in [3.05, 3.63) is 35.7 Å². The summed E-state index contributed by atoms with van der Waals surface area (Å²) < 4.78 is 10.5. The molecule has 1 heterocycles. The Morgan fingerprint density at radius 3 is 3.00 bits per heavy atom. The van der Waals surface area contributed by atoms with Crippen LogP contribution in [0.15, 0.2) is 28.7 Å². The maximum atomic E-state index is 5.40. The lowest BCUT2D eigenvalue weighted by molar-refractivity contribution is 0.185. The highest BCUT2D eigenvalue weighted by Gasteiger charge is 2.05. The molecule has 96 valence electrons. The largest absolute Gasteiger partial charge is 0.406 e. The monoisotopic (exact) mass is 248 g/mol. The highest BCUT2D eigenvalue weighted by atomic mass is 16.5. The second kappa shape index (κ2) is 6.13. The molecule has 1 aromatic heterocycles. The van der Waals surface area contributed by atoms with Crippen LogP contribution in [0.25, 0.3) is 0 Å². The van der Waals surface area contributed by atoms with Crippen LogP contribution in [0.2, 0.25) is 0 Å². The van der Waals surface area contributed by atoms with Crippen LogP contribution < -0.4 is 10.6 Å².